The number of unbranched alkanes of at least 4 members (excludes halogenated alkanes) is 1. The minimum atomic E-state index is -4.01. The molecule has 11 nitrogen and oxygen atoms in total. The topological polar surface area (TPSA) is 158 Å². The van der Waals surface area contributed by atoms with Gasteiger partial charge in [0.05, 0.1) is 23.5 Å². The van der Waals surface area contributed by atoms with E-state index in [0.29, 0.717) is 25.0 Å². The lowest BCUT2D eigenvalue weighted by atomic mass is 10.0. The molecule has 4 aromatic rings. The van der Waals surface area contributed by atoms with Gasteiger partial charge in [-0.25, -0.2) is 16.8 Å². The number of nitrogens with one attached hydrogen (secondary N) is 3. The largest absolute Gasteiger partial charge is 0.497 e. The summed E-state index contributed by atoms with van der Waals surface area (Å²) in [5.41, 5.74) is 2.59. The van der Waals surface area contributed by atoms with Crippen molar-refractivity contribution >= 4 is 36.9 Å². The molecule has 0 fully saturated rings. The molecule has 3 aromatic carbocycles. The summed E-state index contributed by atoms with van der Waals surface area (Å²) in [7, 11) is -6.40. The third-order valence-electron chi connectivity index (χ3n) is 8.14. The lowest BCUT2D eigenvalue weighted by Gasteiger charge is -2.31. The number of amides is 1. The molecule has 0 aliphatic rings. The van der Waals surface area contributed by atoms with Crippen molar-refractivity contribution in [3.05, 3.63) is 90.1 Å². The lowest BCUT2D eigenvalue weighted by molar-refractivity contribution is -0.122. The molecule has 0 aliphatic heterocycles. The van der Waals surface area contributed by atoms with Gasteiger partial charge in [0.25, 0.3) is 0 Å². The molecule has 0 radical (unpaired) electrons. The summed E-state index contributed by atoms with van der Waals surface area (Å²) in [6, 6.07) is 18.4. The first kappa shape index (κ1) is 37.1. The van der Waals surface area contributed by atoms with Crippen molar-refractivity contribution in [2.45, 2.75) is 68.3 Å². The number of aliphatic hydroxyl groups excluding tert-OH is 1. The Morgan fingerprint density at radius 3 is 2.25 bits per heavy atom. The van der Waals surface area contributed by atoms with Gasteiger partial charge in [-0.15, -0.1) is 0 Å². The highest BCUT2D eigenvalue weighted by atomic mass is 32.2. The van der Waals surface area contributed by atoms with Gasteiger partial charge < -0.3 is 20.1 Å². The van der Waals surface area contributed by atoms with Crippen molar-refractivity contribution in [1.29, 1.82) is 0 Å². The van der Waals surface area contributed by atoms with Gasteiger partial charge in [0, 0.05) is 36.2 Å². The van der Waals surface area contributed by atoms with Crippen LogP contribution < -0.4 is 14.8 Å². The summed E-state index contributed by atoms with van der Waals surface area (Å²) in [5, 5.41) is 14.0. The van der Waals surface area contributed by atoms with Gasteiger partial charge >= 0.3 is 0 Å². The van der Waals surface area contributed by atoms with Gasteiger partial charge in [-0.3, -0.25) is 4.79 Å². The zero-order chi connectivity index (χ0) is 34.9. The van der Waals surface area contributed by atoms with Gasteiger partial charge in [-0.2, -0.15) is 9.03 Å². The molecule has 2 atom stereocenters. The van der Waals surface area contributed by atoms with Crippen LogP contribution in [0, 0.1) is 12.8 Å². The molecule has 0 aliphatic carbocycles. The second-order valence-electron chi connectivity index (χ2n) is 12.3. The van der Waals surface area contributed by atoms with Crippen molar-refractivity contribution in [3.8, 4) is 5.75 Å². The minimum Gasteiger partial charge on any atom is -0.497 e. The lowest BCUT2D eigenvalue weighted by Crippen LogP contribution is -2.48. The van der Waals surface area contributed by atoms with Crippen molar-refractivity contribution in [1.82, 2.24) is 19.3 Å². The average molecular weight is 699 g/mol. The van der Waals surface area contributed by atoms with Gasteiger partial charge in [0.1, 0.15) is 11.8 Å². The minimum absolute atomic E-state index is 0.0177. The quantitative estimate of drug-likeness (QED) is 0.112. The fraction of sp³-hybridized carbons (Fsp3) is 0.400. The van der Waals surface area contributed by atoms with Gasteiger partial charge in [-0.1, -0.05) is 56.2 Å². The second kappa shape index (κ2) is 16.6. The third kappa shape index (κ3) is 9.44. The summed E-state index contributed by atoms with van der Waals surface area (Å²) >= 11 is 0. The Labute approximate surface area is 283 Å². The molecular formula is C35H46N4O7S2. The molecule has 1 aromatic heterocycles. The number of fused-ring (bicyclic) bond motifs is 1. The van der Waals surface area contributed by atoms with E-state index in [4.69, 9.17) is 4.74 Å². The van der Waals surface area contributed by atoms with Crippen LogP contribution in [0.2, 0.25) is 0 Å². The number of hydrogen-bond donors (Lipinski definition) is 4. The van der Waals surface area contributed by atoms with E-state index in [1.54, 1.807) is 30.5 Å². The Balaban J connectivity index is 1.42. The first-order chi connectivity index (χ1) is 22.8. The van der Waals surface area contributed by atoms with E-state index in [1.165, 1.54) is 35.7 Å². The average Bonchev–Trinajstić information content (AvgIpc) is 3.47. The number of carbonyl (C=O) groups excluding carboxylic acids is 1. The van der Waals surface area contributed by atoms with Crippen molar-refractivity contribution in [2.24, 2.45) is 5.92 Å². The molecule has 1 amide bonds. The monoisotopic (exact) mass is 698 g/mol. The number of methoxy groups -OCH3 is 1. The van der Waals surface area contributed by atoms with Crippen molar-refractivity contribution in [3.63, 3.8) is 0 Å². The predicted molar refractivity (Wildman–Crippen MR) is 187 cm³/mol. The molecule has 4 N–H and O–H groups in total. The standard InChI is InChI=1S/C35H46N4O7S2/c1-25(2)23-39(48(44,45)31-18-14-29(46-4)15-19-31)28(24-40)9-7-8-20-36-35(41)34(21-27-22-37-33-11-6-5-10-32(27)33)38-47(42,43)30-16-12-26(3)13-17-30/h5-6,10-19,22,25,28,34,37-38,40H,7-9,20-21,23-24H2,1-4H3,(H,36,41)/t28-,34-/m0/s1. The number of carbonyl (C=O) groups is 1. The molecule has 260 valence electrons. The van der Waals surface area contributed by atoms with Crippen molar-refractivity contribution in [2.75, 3.05) is 26.8 Å². The van der Waals surface area contributed by atoms with E-state index in [2.05, 4.69) is 15.0 Å². The van der Waals surface area contributed by atoms with Gasteiger partial charge in [0.15, 0.2) is 0 Å². The number of rotatable bonds is 18. The number of aromatic nitrogens is 1. The molecule has 48 heavy (non-hydrogen) atoms. The highest BCUT2D eigenvalue weighted by Crippen LogP contribution is 2.25. The van der Waals surface area contributed by atoms with Crippen LogP contribution in [0.5, 0.6) is 5.75 Å². The van der Waals surface area contributed by atoms with Crippen LogP contribution in [0.25, 0.3) is 10.9 Å². The molecule has 0 unspecified atom stereocenters. The summed E-state index contributed by atoms with van der Waals surface area (Å²) in [6.45, 7) is 5.81. The predicted octanol–water partition coefficient (Wildman–Crippen LogP) is 4.37. The van der Waals surface area contributed by atoms with E-state index in [9.17, 15) is 26.7 Å². The van der Waals surface area contributed by atoms with Crippen LogP contribution >= 0.6 is 0 Å². The number of hydrogen-bond acceptors (Lipinski definition) is 7. The number of H-pyrrole nitrogens is 1. The van der Waals surface area contributed by atoms with E-state index >= 15 is 0 Å². The zero-order valence-electron chi connectivity index (χ0n) is 27.8. The third-order valence-corrected chi connectivity index (χ3v) is 11.6. The Bertz CT molecular complexity index is 1860. The summed E-state index contributed by atoms with van der Waals surface area (Å²) in [5.74, 6) is 0.0825. The molecular weight excluding hydrogens is 653 g/mol. The Morgan fingerprint density at radius 1 is 0.938 bits per heavy atom. The fourth-order valence-electron chi connectivity index (χ4n) is 5.53. The Kier molecular flexibility index (Phi) is 12.8. The molecule has 0 spiro atoms. The number of ether oxygens (including phenoxy) is 1. The number of aryl methyl sites for hydroxylation is 1. The van der Waals surface area contributed by atoms with Crippen LogP contribution in [0.3, 0.4) is 0 Å². The fourth-order valence-corrected chi connectivity index (χ4v) is 8.54. The van der Waals surface area contributed by atoms with Gasteiger partial charge in [-0.05, 0) is 80.1 Å². The molecule has 13 heteroatoms. The van der Waals surface area contributed by atoms with Crippen LogP contribution in [0.1, 0.15) is 44.2 Å². The molecule has 0 saturated heterocycles. The zero-order valence-corrected chi connectivity index (χ0v) is 29.5. The van der Waals surface area contributed by atoms with E-state index in [0.717, 1.165) is 22.0 Å². The molecule has 1 heterocycles. The summed E-state index contributed by atoms with van der Waals surface area (Å²) < 4.78 is 63.0. The van der Waals surface area contributed by atoms with Crippen LogP contribution in [0.15, 0.2) is 88.8 Å². The van der Waals surface area contributed by atoms with Gasteiger partial charge in [0.2, 0.25) is 26.0 Å². The summed E-state index contributed by atoms with van der Waals surface area (Å²) in [6.07, 6.45) is 3.28. The normalized spacial score (nSPS) is 13.6. The first-order valence-corrected chi connectivity index (χ1v) is 19.0. The maximum atomic E-state index is 13.6. The van der Waals surface area contributed by atoms with E-state index < -0.39 is 38.0 Å². The van der Waals surface area contributed by atoms with E-state index in [1.807, 2.05) is 45.0 Å². The second-order valence-corrected chi connectivity index (χ2v) is 15.9. The maximum absolute atomic E-state index is 13.6. The highest BCUT2D eigenvalue weighted by molar-refractivity contribution is 7.89. The number of aliphatic hydroxyl groups is 1. The smallest absolute Gasteiger partial charge is 0.243 e. The Hall–Kier alpha value is -3.75. The van der Waals surface area contributed by atoms with Crippen LogP contribution in [-0.4, -0.2) is 76.0 Å². The van der Waals surface area contributed by atoms with Crippen LogP contribution in [0.4, 0.5) is 0 Å². The number of para-hydroxylation sites is 1. The number of nitrogens with zero attached hydrogens (tertiary/aromatic N) is 1. The van der Waals surface area contributed by atoms with E-state index in [-0.39, 0.29) is 41.8 Å². The van der Waals surface area contributed by atoms with Crippen LogP contribution in [-0.2, 0) is 31.3 Å². The summed E-state index contributed by atoms with van der Waals surface area (Å²) in [4.78, 5) is 16.9. The molecule has 0 bridgehead atoms. The SMILES string of the molecule is COc1ccc(S(=O)(=O)N(CC(C)C)[C@H](CO)CCCCNC(=O)[C@H](Cc2c[nH]c3ccccc23)NS(=O)(=O)c2ccc(C)cc2)cc1. The Morgan fingerprint density at radius 2 is 1.60 bits per heavy atom. The number of sulfonamides is 2. The first-order valence-electron chi connectivity index (χ1n) is 16.0. The highest BCUT2D eigenvalue weighted by Gasteiger charge is 2.32. The molecule has 4 rings (SSSR count). The van der Waals surface area contributed by atoms with Crippen molar-refractivity contribution < 1.29 is 31.5 Å². The molecule has 0 saturated carbocycles. The maximum Gasteiger partial charge on any atom is 0.243 e. The number of benzene rings is 3. The number of aromatic amines is 1.